The van der Waals surface area contributed by atoms with Crippen LogP contribution in [0, 0.1) is 0 Å². The summed E-state index contributed by atoms with van der Waals surface area (Å²) in [6.07, 6.45) is 1.63. The van der Waals surface area contributed by atoms with E-state index in [1.54, 1.807) is 13.3 Å². The number of thiazole rings is 1. The second kappa shape index (κ2) is 9.03. The Morgan fingerprint density at radius 3 is 2.55 bits per heavy atom. The van der Waals surface area contributed by atoms with E-state index in [9.17, 15) is 4.79 Å². The van der Waals surface area contributed by atoms with E-state index in [1.807, 2.05) is 41.8 Å². The van der Waals surface area contributed by atoms with Crippen molar-refractivity contribution in [1.29, 1.82) is 0 Å². The maximum Gasteiger partial charge on any atom is 0.259 e. The van der Waals surface area contributed by atoms with E-state index in [0.717, 1.165) is 49.0 Å². The molecular formula is C23H27N5O2S. The number of carbonyl (C=O) groups excluding carboxylic acids is 1. The summed E-state index contributed by atoms with van der Waals surface area (Å²) < 4.78 is 5.25. The molecule has 0 atom stereocenters. The molecule has 0 saturated carbocycles. The van der Waals surface area contributed by atoms with Gasteiger partial charge in [-0.05, 0) is 29.8 Å². The van der Waals surface area contributed by atoms with Crippen LogP contribution >= 0.6 is 11.3 Å². The molecule has 0 aliphatic carbocycles. The minimum Gasteiger partial charge on any atom is -0.497 e. The lowest BCUT2D eigenvalue weighted by atomic mass is 9.82. The number of hydrogen-bond donors (Lipinski definition) is 2. The third-order valence-electron chi connectivity index (χ3n) is 5.63. The molecule has 0 radical (unpaired) electrons. The molecule has 1 aromatic carbocycles. The van der Waals surface area contributed by atoms with E-state index in [1.165, 1.54) is 11.3 Å². The summed E-state index contributed by atoms with van der Waals surface area (Å²) in [5.74, 6) is 1.51. The number of piperazine rings is 1. The van der Waals surface area contributed by atoms with Crippen LogP contribution in [0.5, 0.6) is 5.75 Å². The van der Waals surface area contributed by atoms with Gasteiger partial charge in [0.2, 0.25) is 0 Å². The van der Waals surface area contributed by atoms with Gasteiger partial charge >= 0.3 is 0 Å². The van der Waals surface area contributed by atoms with E-state index in [-0.39, 0.29) is 11.3 Å². The van der Waals surface area contributed by atoms with Crippen molar-refractivity contribution in [2.75, 3.05) is 43.5 Å². The average molecular weight is 438 g/mol. The van der Waals surface area contributed by atoms with Gasteiger partial charge in [0.1, 0.15) is 11.6 Å². The van der Waals surface area contributed by atoms with Gasteiger partial charge < -0.3 is 15.0 Å². The Labute approximate surface area is 186 Å². The number of methoxy groups -OCH3 is 1. The van der Waals surface area contributed by atoms with Gasteiger partial charge in [0.05, 0.1) is 18.4 Å². The highest BCUT2D eigenvalue weighted by atomic mass is 32.1. The van der Waals surface area contributed by atoms with Crippen LogP contribution in [0.1, 0.15) is 35.5 Å². The minimum atomic E-state index is -0.293. The quantitative estimate of drug-likeness (QED) is 0.614. The molecule has 2 N–H and O–H groups in total. The molecule has 1 fully saturated rings. The molecule has 3 aromatic rings. The first-order valence-corrected chi connectivity index (χ1v) is 11.2. The summed E-state index contributed by atoms with van der Waals surface area (Å²) in [6, 6.07) is 11.7. The fourth-order valence-electron chi connectivity index (χ4n) is 3.54. The highest BCUT2D eigenvalue weighted by Crippen LogP contribution is 2.34. The number of hydrogen-bond acceptors (Lipinski definition) is 7. The summed E-state index contributed by atoms with van der Waals surface area (Å²) in [6.45, 7) is 7.98. The largest absolute Gasteiger partial charge is 0.497 e. The van der Waals surface area contributed by atoms with Crippen LogP contribution < -0.4 is 20.3 Å². The molecule has 0 unspecified atom stereocenters. The molecule has 31 heavy (non-hydrogen) atoms. The van der Waals surface area contributed by atoms with Crippen molar-refractivity contribution >= 4 is 28.2 Å². The van der Waals surface area contributed by atoms with Gasteiger partial charge in [-0.25, -0.2) is 9.97 Å². The Morgan fingerprint density at radius 1 is 1.16 bits per heavy atom. The zero-order valence-electron chi connectivity index (χ0n) is 18.0. The number of carbonyl (C=O) groups is 1. The number of pyridine rings is 1. The zero-order chi connectivity index (χ0) is 21.8. The van der Waals surface area contributed by atoms with Gasteiger partial charge in [0.25, 0.3) is 5.91 Å². The summed E-state index contributed by atoms with van der Waals surface area (Å²) in [5.41, 5.74) is 2.26. The molecule has 7 nitrogen and oxygen atoms in total. The van der Waals surface area contributed by atoms with Crippen molar-refractivity contribution in [3.63, 3.8) is 0 Å². The summed E-state index contributed by atoms with van der Waals surface area (Å²) in [4.78, 5) is 24.0. The second-order valence-electron chi connectivity index (χ2n) is 7.99. The van der Waals surface area contributed by atoms with Crippen LogP contribution in [0.25, 0.3) is 0 Å². The lowest BCUT2D eigenvalue weighted by molar-refractivity contribution is 0.102. The number of rotatable bonds is 6. The van der Waals surface area contributed by atoms with Gasteiger partial charge in [0.15, 0.2) is 5.13 Å². The van der Waals surface area contributed by atoms with Crippen LogP contribution in [0.4, 0.5) is 10.9 Å². The van der Waals surface area contributed by atoms with Crippen molar-refractivity contribution in [2.45, 2.75) is 19.3 Å². The highest BCUT2D eigenvalue weighted by Gasteiger charge is 2.26. The van der Waals surface area contributed by atoms with E-state index < -0.39 is 0 Å². The molecule has 1 amide bonds. The molecule has 0 bridgehead atoms. The Hall–Kier alpha value is -2.97. The minimum absolute atomic E-state index is 0.206. The van der Waals surface area contributed by atoms with Gasteiger partial charge in [-0.2, -0.15) is 0 Å². The Balaban J connectivity index is 1.43. The third-order valence-corrected chi connectivity index (χ3v) is 6.39. The maximum absolute atomic E-state index is 12.7. The van der Waals surface area contributed by atoms with E-state index in [2.05, 4.69) is 39.3 Å². The highest BCUT2D eigenvalue weighted by molar-refractivity contribution is 7.14. The molecule has 3 heterocycles. The van der Waals surface area contributed by atoms with Crippen molar-refractivity contribution in [3.8, 4) is 5.75 Å². The smallest absolute Gasteiger partial charge is 0.259 e. The Kier molecular flexibility index (Phi) is 6.20. The van der Waals surface area contributed by atoms with Gasteiger partial charge in [-0.15, -0.1) is 11.3 Å². The number of nitrogens with one attached hydrogen (secondary N) is 2. The number of nitrogens with zero attached hydrogens (tertiary/aromatic N) is 3. The number of anilines is 2. The Bertz CT molecular complexity index is 1020. The number of ether oxygens (including phenoxy) is 1. The van der Waals surface area contributed by atoms with E-state index in [0.29, 0.717) is 10.7 Å². The predicted molar refractivity (Wildman–Crippen MR) is 125 cm³/mol. The van der Waals surface area contributed by atoms with E-state index >= 15 is 0 Å². The topological polar surface area (TPSA) is 79.4 Å². The lowest BCUT2D eigenvalue weighted by Crippen LogP contribution is -2.43. The molecule has 162 valence electrons. The first-order chi connectivity index (χ1) is 15.0. The van der Waals surface area contributed by atoms with Gasteiger partial charge in [-0.3, -0.25) is 10.1 Å². The molecule has 1 saturated heterocycles. The van der Waals surface area contributed by atoms with E-state index in [4.69, 9.17) is 4.74 Å². The van der Waals surface area contributed by atoms with Crippen molar-refractivity contribution in [2.24, 2.45) is 0 Å². The fraction of sp³-hybridized carbons (Fsp3) is 0.348. The van der Waals surface area contributed by atoms with Crippen LogP contribution in [0.2, 0.25) is 0 Å². The standard InChI is InChI=1S/C23H27N5O2S/c1-23(2,17-5-7-18(30-3)8-6-17)19-15-31-22(26-19)27-21(29)16-4-9-20(25-14-16)28-12-10-24-11-13-28/h4-9,14-15,24H,10-13H2,1-3H3,(H,26,27,29). The predicted octanol–water partition coefficient (Wildman–Crippen LogP) is 3.53. The van der Waals surface area contributed by atoms with Crippen molar-refractivity contribution < 1.29 is 9.53 Å². The monoisotopic (exact) mass is 437 g/mol. The van der Waals surface area contributed by atoms with Crippen LogP contribution in [0.15, 0.2) is 48.0 Å². The summed E-state index contributed by atoms with van der Waals surface area (Å²) >= 11 is 1.42. The average Bonchev–Trinajstić information content (AvgIpc) is 3.29. The lowest BCUT2D eigenvalue weighted by Gasteiger charge is -2.28. The first-order valence-electron chi connectivity index (χ1n) is 10.3. The molecule has 1 aliphatic heterocycles. The molecule has 8 heteroatoms. The van der Waals surface area contributed by atoms with Crippen molar-refractivity contribution in [1.82, 2.24) is 15.3 Å². The fourth-order valence-corrected chi connectivity index (χ4v) is 4.42. The van der Waals surface area contributed by atoms with Crippen molar-refractivity contribution in [3.05, 3.63) is 64.8 Å². The molecular weight excluding hydrogens is 410 g/mol. The maximum atomic E-state index is 12.7. The zero-order valence-corrected chi connectivity index (χ0v) is 18.8. The van der Waals surface area contributed by atoms with Gasteiger partial charge in [-0.1, -0.05) is 26.0 Å². The summed E-state index contributed by atoms with van der Waals surface area (Å²) in [5, 5.41) is 8.80. The van der Waals surface area contributed by atoms with Gasteiger partial charge in [0, 0.05) is 43.2 Å². The first kappa shape index (κ1) is 21.3. The number of amides is 1. The SMILES string of the molecule is COc1ccc(C(C)(C)c2csc(NC(=O)c3ccc(N4CCNCC4)nc3)n2)cc1. The molecule has 4 rings (SSSR count). The number of benzene rings is 1. The Morgan fingerprint density at radius 2 is 1.90 bits per heavy atom. The second-order valence-corrected chi connectivity index (χ2v) is 8.85. The third kappa shape index (κ3) is 4.70. The van der Waals surface area contributed by atoms with Crippen LogP contribution in [-0.2, 0) is 5.41 Å². The molecule has 0 spiro atoms. The summed E-state index contributed by atoms with van der Waals surface area (Å²) in [7, 11) is 1.66. The van der Waals surface area contributed by atoms with Crippen LogP contribution in [0.3, 0.4) is 0 Å². The van der Waals surface area contributed by atoms with Crippen LogP contribution in [-0.4, -0.2) is 49.2 Å². The number of aromatic nitrogens is 2. The normalized spacial score (nSPS) is 14.4. The molecule has 1 aliphatic rings. The molecule has 2 aromatic heterocycles.